The Balaban J connectivity index is 2.56. The van der Waals surface area contributed by atoms with Crippen LogP contribution < -0.4 is 0 Å². The average molecular weight is 358 g/mol. The van der Waals surface area contributed by atoms with Crippen LogP contribution in [0.4, 0.5) is 5.69 Å². The Morgan fingerprint density at radius 2 is 1.50 bits per heavy atom. The predicted molar refractivity (Wildman–Crippen MR) is 106 cm³/mol. The monoisotopic (exact) mass is 357 g/mol. The third kappa shape index (κ3) is 4.03. The molecule has 0 saturated carbocycles. The van der Waals surface area contributed by atoms with Crippen LogP contribution in [0.15, 0.2) is 59.6 Å². The lowest BCUT2D eigenvalue weighted by Gasteiger charge is -2.35. The number of nitrogens with zero attached hydrogens (tertiary/aromatic N) is 1. The van der Waals surface area contributed by atoms with E-state index in [1.54, 1.807) is 12.1 Å². The number of carbonyl (C=O) groups is 1. The van der Waals surface area contributed by atoms with Gasteiger partial charge in [-0.2, -0.15) is 0 Å². The minimum atomic E-state index is -2.21. The van der Waals surface area contributed by atoms with Crippen LogP contribution in [0.1, 0.15) is 26.3 Å². The van der Waals surface area contributed by atoms with Crippen molar-refractivity contribution in [3.05, 3.63) is 65.2 Å². The van der Waals surface area contributed by atoms with E-state index >= 15 is 0 Å². The van der Waals surface area contributed by atoms with Crippen molar-refractivity contribution < 1.29 is 4.79 Å². The standard InChI is InChI=1S/C20H24ClNOSi/c1-20(2,3)24(4,5)19(23)18(15-9-7-6-8-10-15)22-17-13-11-16(21)12-14-17/h6-14H,1-5H3. The number of hydrogen-bond donors (Lipinski definition) is 0. The molecular weight excluding hydrogens is 334 g/mol. The number of hydrogen-bond acceptors (Lipinski definition) is 2. The Labute approximate surface area is 150 Å². The van der Waals surface area contributed by atoms with E-state index in [4.69, 9.17) is 16.6 Å². The molecule has 0 bridgehead atoms. The molecule has 0 fully saturated rings. The van der Waals surface area contributed by atoms with Gasteiger partial charge in [0.05, 0.1) is 5.69 Å². The average Bonchev–Trinajstić information content (AvgIpc) is 2.53. The number of benzene rings is 2. The first-order valence-corrected chi connectivity index (χ1v) is 11.5. The topological polar surface area (TPSA) is 29.4 Å². The van der Waals surface area contributed by atoms with Gasteiger partial charge in [-0.3, -0.25) is 4.79 Å². The second kappa shape index (κ2) is 7.04. The van der Waals surface area contributed by atoms with E-state index in [0.717, 1.165) is 11.3 Å². The maximum absolute atomic E-state index is 13.4. The Morgan fingerprint density at radius 1 is 0.958 bits per heavy atom. The molecule has 2 rings (SSSR count). The zero-order valence-corrected chi connectivity index (χ0v) is 16.7. The van der Waals surface area contributed by atoms with Crippen LogP contribution in [0.25, 0.3) is 0 Å². The van der Waals surface area contributed by atoms with Crippen molar-refractivity contribution in [2.45, 2.75) is 38.9 Å². The van der Waals surface area contributed by atoms with Crippen LogP contribution in [-0.2, 0) is 4.79 Å². The fourth-order valence-corrected chi connectivity index (χ4v) is 3.72. The maximum Gasteiger partial charge on any atom is 0.159 e. The number of halogens is 1. The van der Waals surface area contributed by atoms with Crippen molar-refractivity contribution in [3.8, 4) is 0 Å². The minimum Gasteiger partial charge on any atom is -0.298 e. The van der Waals surface area contributed by atoms with Crippen molar-refractivity contribution in [2.24, 2.45) is 4.99 Å². The van der Waals surface area contributed by atoms with Crippen LogP contribution in [0.3, 0.4) is 0 Å². The normalized spacial score (nSPS) is 13.0. The van der Waals surface area contributed by atoms with Crippen LogP contribution in [0, 0.1) is 0 Å². The molecule has 0 aromatic heterocycles. The number of aliphatic imine (C=N–C) groups is 1. The van der Waals surface area contributed by atoms with Gasteiger partial charge >= 0.3 is 0 Å². The smallest absolute Gasteiger partial charge is 0.159 e. The molecule has 0 saturated heterocycles. The molecule has 24 heavy (non-hydrogen) atoms. The van der Waals surface area contributed by atoms with Gasteiger partial charge in [0, 0.05) is 10.6 Å². The van der Waals surface area contributed by atoms with E-state index in [-0.39, 0.29) is 10.4 Å². The summed E-state index contributed by atoms with van der Waals surface area (Å²) >= 11 is 5.95. The SMILES string of the molecule is CC(C)(C)[Si](C)(C)C(=O)C(=Nc1ccc(Cl)cc1)c1ccccc1. The Kier molecular flexibility index (Phi) is 5.46. The summed E-state index contributed by atoms with van der Waals surface area (Å²) in [5, 5.41) is 0.793. The third-order valence-corrected chi connectivity index (χ3v) is 10.1. The van der Waals surface area contributed by atoms with Gasteiger partial charge in [-0.25, -0.2) is 4.99 Å². The van der Waals surface area contributed by atoms with Gasteiger partial charge in [0.25, 0.3) is 0 Å². The molecule has 2 aromatic rings. The van der Waals surface area contributed by atoms with Gasteiger partial charge in [0.15, 0.2) is 5.41 Å². The van der Waals surface area contributed by atoms with Crippen molar-refractivity contribution in [1.29, 1.82) is 0 Å². The quantitative estimate of drug-likeness (QED) is 0.481. The zero-order chi connectivity index (χ0) is 18.0. The first-order valence-electron chi connectivity index (χ1n) is 8.07. The fourth-order valence-electron chi connectivity index (χ4n) is 2.12. The molecule has 0 atom stereocenters. The summed E-state index contributed by atoms with van der Waals surface area (Å²) in [6.45, 7) is 10.7. The van der Waals surface area contributed by atoms with Crippen molar-refractivity contribution in [1.82, 2.24) is 0 Å². The second-order valence-electron chi connectivity index (χ2n) is 7.51. The highest BCUT2D eigenvalue weighted by molar-refractivity contribution is 7.14. The maximum atomic E-state index is 13.4. The summed E-state index contributed by atoms with van der Waals surface area (Å²) in [7, 11) is -2.21. The zero-order valence-electron chi connectivity index (χ0n) is 14.9. The molecule has 0 aliphatic carbocycles. The lowest BCUT2D eigenvalue weighted by molar-refractivity contribution is -0.107. The molecule has 0 unspecified atom stereocenters. The molecule has 0 N–H and O–H groups in total. The van der Waals surface area contributed by atoms with Crippen molar-refractivity contribution in [2.75, 3.05) is 0 Å². The summed E-state index contributed by atoms with van der Waals surface area (Å²) in [5.41, 5.74) is 2.15. The van der Waals surface area contributed by atoms with Gasteiger partial charge in [-0.1, -0.05) is 75.8 Å². The van der Waals surface area contributed by atoms with E-state index < -0.39 is 8.07 Å². The highest BCUT2D eigenvalue weighted by Gasteiger charge is 2.44. The Bertz CT molecular complexity index is 743. The molecule has 2 aromatic carbocycles. The van der Waals surface area contributed by atoms with Gasteiger partial charge in [-0.15, -0.1) is 0 Å². The molecule has 0 aliphatic rings. The van der Waals surface area contributed by atoms with Gasteiger partial charge < -0.3 is 0 Å². The molecule has 0 heterocycles. The first kappa shape index (κ1) is 18.6. The minimum absolute atomic E-state index is 0.0420. The van der Waals surface area contributed by atoms with Crippen LogP contribution >= 0.6 is 11.6 Å². The van der Waals surface area contributed by atoms with E-state index in [0.29, 0.717) is 10.7 Å². The molecule has 0 spiro atoms. The lowest BCUT2D eigenvalue weighted by Crippen LogP contribution is -2.50. The van der Waals surface area contributed by atoms with E-state index in [9.17, 15) is 4.79 Å². The predicted octanol–water partition coefficient (Wildman–Crippen LogP) is 6.08. The second-order valence-corrected chi connectivity index (χ2v) is 13.1. The van der Waals surface area contributed by atoms with Crippen LogP contribution in [0.2, 0.25) is 23.2 Å². The van der Waals surface area contributed by atoms with E-state index in [2.05, 4.69) is 33.9 Å². The molecule has 4 heteroatoms. The van der Waals surface area contributed by atoms with Crippen molar-refractivity contribution >= 4 is 36.5 Å². The van der Waals surface area contributed by atoms with Crippen LogP contribution in [0.5, 0.6) is 0 Å². The molecule has 126 valence electrons. The summed E-state index contributed by atoms with van der Waals surface area (Å²) < 4.78 is 0. The van der Waals surface area contributed by atoms with Gasteiger partial charge in [0.1, 0.15) is 13.8 Å². The molecule has 2 nitrogen and oxygen atoms in total. The third-order valence-electron chi connectivity index (χ3n) is 4.77. The number of carbonyl (C=O) groups excluding carboxylic acids is 1. The summed E-state index contributed by atoms with van der Waals surface area (Å²) in [6, 6.07) is 17.0. The summed E-state index contributed by atoms with van der Waals surface area (Å²) in [6.07, 6.45) is 0. The largest absolute Gasteiger partial charge is 0.298 e. The fraction of sp³-hybridized carbons (Fsp3) is 0.300. The number of rotatable bonds is 4. The highest BCUT2D eigenvalue weighted by Crippen LogP contribution is 2.37. The Morgan fingerprint density at radius 3 is 2.00 bits per heavy atom. The summed E-state index contributed by atoms with van der Waals surface area (Å²) in [4.78, 5) is 18.1. The lowest BCUT2D eigenvalue weighted by atomic mass is 10.1. The molecule has 0 amide bonds. The first-order chi connectivity index (χ1) is 11.1. The van der Waals surface area contributed by atoms with Crippen LogP contribution in [-0.4, -0.2) is 19.2 Å². The van der Waals surface area contributed by atoms with E-state index in [1.165, 1.54) is 0 Å². The molecular formula is C20H24ClNOSi. The van der Waals surface area contributed by atoms with Crippen molar-refractivity contribution in [3.63, 3.8) is 0 Å². The molecule has 0 aliphatic heterocycles. The van der Waals surface area contributed by atoms with Gasteiger partial charge in [-0.05, 0) is 29.3 Å². The van der Waals surface area contributed by atoms with E-state index in [1.807, 2.05) is 42.5 Å². The Hall–Kier alpha value is -1.71. The van der Waals surface area contributed by atoms with Gasteiger partial charge in [0.2, 0.25) is 0 Å². The molecule has 0 radical (unpaired) electrons. The highest BCUT2D eigenvalue weighted by atomic mass is 35.5. The summed E-state index contributed by atoms with van der Waals surface area (Å²) in [5.74, 6) is 0.